The molecule has 0 unspecified atom stereocenters. The van der Waals surface area contributed by atoms with Gasteiger partial charge in [-0.05, 0) is 20.8 Å². The molecular weight excluding hydrogens is 160 g/mol. The van der Waals surface area contributed by atoms with Gasteiger partial charge in [0.1, 0.15) is 0 Å². The number of hydrogen-bond donors (Lipinski definition) is 1. The van der Waals surface area contributed by atoms with Crippen LogP contribution in [0.1, 0.15) is 20.8 Å². The van der Waals surface area contributed by atoms with E-state index in [4.69, 9.17) is 0 Å². The van der Waals surface area contributed by atoms with Crippen LogP contribution >= 0.6 is 0 Å². The fourth-order valence-electron chi connectivity index (χ4n) is 0.395. The molecule has 0 aromatic rings. The first-order valence-electron chi connectivity index (χ1n) is 3.31. The van der Waals surface area contributed by atoms with Crippen LogP contribution in [0.3, 0.4) is 0 Å². The molecule has 1 N–H and O–H groups in total. The predicted molar refractivity (Wildman–Crippen MR) is 53.1 cm³/mol. The molecule has 0 aromatic heterocycles. The fraction of sp³-hybridized carbons (Fsp3) is 1.00. The highest BCUT2D eigenvalue weighted by molar-refractivity contribution is 6.51. The van der Waals surface area contributed by atoms with Gasteiger partial charge in [-0.3, -0.25) is 0 Å². The lowest BCUT2D eigenvalue weighted by molar-refractivity contribution is 0.518. The van der Waals surface area contributed by atoms with Crippen molar-refractivity contribution in [2.24, 2.45) is 0 Å². The van der Waals surface area contributed by atoms with E-state index in [1.165, 1.54) is 20.8 Å². The third-order valence-electron chi connectivity index (χ3n) is 0.926. The molecule has 0 aliphatic carbocycles. The molecule has 0 bridgehead atoms. The van der Waals surface area contributed by atoms with E-state index in [0.717, 1.165) is 0 Å². The first-order valence-corrected chi connectivity index (χ1v) is 6.44. The molecule has 0 aromatic carbocycles. The summed E-state index contributed by atoms with van der Waals surface area (Å²) in [6.45, 7) is 6.69. The highest BCUT2D eigenvalue weighted by Gasteiger charge is 2.07. The maximum Gasteiger partial charge on any atom is 0.156 e. The summed E-state index contributed by atoms with van der Waals surface area (Å²) in [4.78, 5) is 3.56. The molecule has 0 heterocycles. The van der Waals surface area contributed by atoms with Gasteiger partial charge in [0.2, 0.25) is 0 Å². The van der Waals surface area contributed by atoms with Crippen LogP contribution in [0.15, 0.2) is 0 Å². The Labute approximate surface area is 66.4 Å². The van der Waals surface area contributed by atoms with Crippen LogP contribution in [0, 0.1) is 0 Å². The minimum atomic E-state index is -0.0513. The lowest BCUT2D eigenvalue weighted by Crippen LogP contribution is -2.45. The summed E-state index contributed by atoms with van der Waals surface area (Å²) in [5.41, 5.74) is 0.347. The Balaban J connectivity index is 3.28. The summed E-state index contributed by atoms with van der Waals surface area (Å²) in [5.74, 6) is 0. The van der Waals surface area contributed by atoms with Gasteiger partial charge in [0, 0.05) is 5.54 Å². The Hall–Kier alpha value is 0.571. The normalized spacial score (nSPS) is 14.7. The topological polar surface area (TPSA) is 15.3 Å². The zero-order valence-electron chi connectivity index (χ0n) is 7.15. The minimum Gasteiger partial charge on any atom is -0.376 e. The molecule has 0 spiro atoms. The summed E-state index contributed by atoms with van der Waals surface area (Å²) in [7, 11) is 2.46. The lowest BCUT2D eigenvalue weighted by atomic mass is 10.1. The summed E-state index contributed by atoms with van der Waals surface area (Å²) in [5, 5.41) is 0. The van der Waals surface area contributed by atoms with E-state index in [0.29, 0.717) is 5.54 Å². The number of rotatable bonds is 2. The standard InChI is InChI=1S/C4H18N2Si3/c1-4(2,3)5-9-6(7)8/h5H,9H2,1-3,7-8H3. The molecule has 9 heavy (non-hydrogen) atoms. The zero-order chi connectivity index (χ0) is 7.49. The molecule has 0 radical (unpaired) electrons. The highest BCUT2D eigenvalue weighted by atomic mass is 28.3. The first kappa shape index (κ1) is 9.57. The van der Waals surface area contributed by atoms with Gasteiger partial charge in [-0.15, -0.1) is 0 Å². The summed E-state index contributed by atoms with van der Waals surface area (Å²) < 4.78 is 2.53. The molecule has 0 fully saturated rings. The quantitative estimate of drug-likeness (QED) is 0.461. The van der Waals surface area contributed by atoms with E-state index in [-0.39, 0.29) is 9.84 Å². The average Bonchev–Trinajstić information content (AvgIpc) is 1.59. The smallest absolute Gasteiger partial charge is 0.156 e. The van der Waals surface area contributed by atoms with Gasteiger partial charge >= 0.3 is 0 Å². The zero-order valence-corrected chi connectivity index (χ0v) is 12.6. The maximum atomic E-state index is 3.56. The minimum absolute atomic E-state index is 0.0513. The molecule has 0 atom stereocenters. The van der Waals surface area contributed by atoms with Crippen LogP contribution < -0.4 is 4.98 Å². The Morgan fingerprint density at radius 3 is 1.89 bits per heavy atom. The average molecular weight is 178 g/mol. The third kappa shape index (κ3) is 8.57. The van der Waals surface area contributed by atoms with Gasteiger partial charge in [-0.1, -0.05) is 0 Å². The van der Waals surface area contributed by atoms with Crippen molar-refractivity contribution in [3.8, 4) is 0 Å². The van der Waals surface area contributed by atoms with Gasteiger partial charge in [-0.25, -0.2) is 0 Å². The molecule has 0 aliphatic rings. The van der Waals surface area contributed by atoms with E-state index in [1.54, 1.807) is 0 Å². The van der Waals surface area contributed by atoms with E-state index in [1.807, 2.05) is 0 Å². The second-order valence-electron chi connectivity index (χ2n) is 3.66. The molecule has 0 saturated heterocycles. The summed E-state index contributed by atoms with van der Waals surface area (Å²) in [6.07, 6.45) is 0. The van der Waals surface area contributed by atoms with Crippen LogP contribution in [0.5, 0.6) is 0 Å². The predicted octanol–water partition coefficient (Wildman–Crippen LogP) is -2.76. The van der Waals surface area contributed by atoms with Crippen molar-refractivity contribution < 1.29 is 0 Å². The van der Waals surface area contributed by atoms with Crippen molar-refractivity contribution in [3.05, 3.63) is 0 Å². The molecule has 2 nitrogen and oxygen atoms in total. The molecule has 0 saturated carbocycles. The van der Waals surface area contributed by atoms with Crippen LogP contribution in [0.25, 0.3) is 0 Å². The van der Waals surface area contributed by atoms with Crippen molar-refractivity contribution in [1.29, 1.82) is 0 Å². The van der Waals surface area contributed by atoms with Crippen LogP contribution in [-0.4, -0.2) is 40.1 Å². The second kappa shape index (κ2) is 3.67. The lowest BCUT2D eigenvalue weighted by Gasteiger charge is -2.23. The van der Waals surface area contributed by atoms with Gasteiger partial charge in [0.25, 0.3) is 0 Å². The van der Waals surface area contributed by atoms with E-state index in [2.05, 4.69) is 29.7 Å². The second-order valence-corrected chi connectivity index (χ2v) is 13.0. The number of nitrogens with zero attached hydrogens (tertiary/aromatic N) is 1. The van der Waals surface area contributed by atoms with Gasteiger partial charge in [0.05, 0.1) is 20.8 Å². The van der Waals surface area contributed by atoms with Crippen molar-refractivity contribution in [2.75, 3.05) is 0 Å². The first-order chi connectivity index (χ1) is 3.92. The van der Waals surface area contributed by atoms with E-state index in [9.17, 15) is 0 Å². The molecule has 0 amide bonds. The highest BCUT2D eigenvalue weighted by Crippen LogP contribution is 1.95. The van der Waals surface area contributed by atoms with E-state index < -0.39 is 0 Å². The van der Waals surface area contributed by atoms with Gasteiger partial charge in [0.15, 0.2) is 9.84 Å². The maximum absolute atomic E-state index is 3.56. The molecule has 56 valence electrons. The van der Waals surface area contributed by atoms with Crippen LogP contribution in [0.4, 0.5) is 0 Å². The van der Waals surface area contributed by atoms with Crippen molar-refractivity contribution >= 4 is 30.7 Å². The van der Waals surface area contributed by atoms with Crippen molar-refractivity contribution in [3.63, 3.8) is 0 Å². The molecule has 0 aliphatic heterocycles. The number of nitrogens with one attached hydrogen (secondary N) is 1. The Morgan fingerprint density at radius 2 is 1.78 bits per heavy atom. The Bertz CT molecular complexity index is 78.4. The monoisotopic (exact) mass is 178 g/mol. The van der Waals surface area contributed by atoms with E-state index >= 15 is 0 Å². The van der Waals surface area contributed by atoms with Crippen molar-refractivity contribution in [1.82, 2.24) is 8.88 Å². The van der Waals surface area contributed by atoms with Crippen molar-refractivity contribution in [2.45, 2.75) is 26.3 Å². The van der Waals surface area contributed by atoms with Gasteiger partial charge < -0.3 is 8.88 Å². The largest absolute Gasteiger partial charge is 0.376 e. The summed E-state index contributed by atoms with van der Waals surface area (Å²) in [6, 6.07) is 0. The third-order valence-corrected chi connectivity index (χ3v) is 4.67. The molecule has 5 heteroatoms. The molecular formula is C4H18N2Si3. The Kier molecular flexibility index (Phi) is 3.90. The van der Waals surface area contributed by atoms with Crippen LogP contribution in [-0.2, 0) is 0 Å². The number of hydrogen-bond acceptors (Lipinski definition) is 2. The van der Waals surface area contributed by atoms with Gasteiger partial charge in [-0.2, -0.15) is 0 Å². The SMILES string of the molecule is CC(C)(C)N[SiH2]N([SiH3])[SiH3]. The van der Waals surface area contributed by atoms with Crippen LogP contribution in [0.2, 0.25) is 0 Å². The summed E-state index contributed by atoms with van der Waals surface area (Å²) >= 11 is 0. The Morgan fingerprint density at radius 1 is 1.33 bits per heavy atom. The molecule has 0 rings (SSSR count). The fourth-order valence-corrected chi connectivity index (χ4v) is 2.13.